The molecule has 0 spiro atoms. The van der Waals surface area contributed by atoms with Crippen LogP contribution in [0.2, 0.25) is 0 Å². The monoisotopic (exact) mass is 440 g/mol. The lowest BCUT2D eigenvalue weighted by molar-refractivity contribution is 0.200. The van der Waals surface area contributed by atoms with E-state index in [1.807, 2.05) is 30.5 Å². The molecule has 0 atom stereocenters. The number of rotatable bonds is 5. The first-order chi connectivity index (χ1) is 15.8. The Morgan fingerprint density at radius 1 is 1.03 bits per heavy atom. The Balaban J connectivity index is 1.08. The number of furan rings is 1. The number of fused-ring (bicyclic) bond motifs is 1. The topological polar surface area (TPSA) is 58.0 Å². The summed E-state index contributed by atoms with van der Waals surface area (Å²) in [5.74, 6) is 2.41. The zero-order chi connectivity index (χ0) is 21.3. The molecule has 0 unspecified atom stereocenters. The SMILES string of the molecule is c1ccc(-c2cnc(CN3CCC(c4nc(-c5cc6ccccc6o5)cs4)CC3)[nH]2)cc1. The largest absolute Gasteiger partial charge is 0.454 e. The lowest BCUT2D eigenvalue weighted by atomic mass is 9.97. The molecule has 0 saturated carbocycles. The van der Waals surface area contributed by atoms with Crippen molar-refractivity contribution in [2.45, 2.75) is 25.3 Å². The third-order valence-corrected chi connectivity index (χ3v) is 7.23. The number of aromatic nitrogens is 3. The molecule has 4 heterocycles. The zero-order valence-electron chi connectivity index (χ0n) is 17.7. The highest BCUT2D eigenvalue weighted by Gasteiger charge is 2.24. The molecule has 1 saturated heterocycles. The number of para-hydroxylation sites is 1. The van der Waals surface area contributed by atoms with Crippen LogP contribution in [-0.2, 0) is 6.54 Å². The number of aromatic amines is 1. The minimum Gasteiger partial charge on any atom is -0.454 e. The maximum atomic E-state index is 6.00. The van der Waals surface area contributed by atoms with E-state index < -0.39 is 0 Å². The minimum absolute atomic E-state index is 0.519. The summed E-state index contributed by atoms with van der Waals surface area (Å²) < 4.78 is 6.00. The van der Waals surface area contributed by atoms with Crippen molar-refractivity contribution in [3.63, 3.8) is 0 Å². The van der Waals surface area contributed by atoms with Gasteiger partial charge in [0.1, 0.15) is 17.1 Å². The second-order valence-electron chi connectivity index (χ2n) is 8.38. The summed E-state index contributed by atoms with van der Waals surface area (Å²) in [6.45, 7) is 2.98. The van der Waals surface area contributed by atoms with E-state index in [1.165, 1.54) is 10.6 Å². The summed E-state index contributed by atoms with van der Waals surface area (Å²) in [6, 6.07) is 20.6. The molecular weight excluding hydrogens is 416 g/mol. The fourth-order valence-electron chi connectivity index (χ4n) is 4.45. The standard InChI is InChI=1S/C26H24N4OS/c1-2-6-18(7-3-1)21-15-27-25(28-21)16-30-12-10-19(11-13-30)26-29-22(17-32-26)24-14-20-8-4-5-9-23(20)31-24/h1-9,14-15,17,19H,10-13,16H2,(H,27,28). The van der Waals surface area contributed by atoms with Crippen molar-refractivity contribution in [2.75, 3.05) is 13.1 Å². The van der Waals surface area contributed by atoms with E-state index in [2.05, 4.69) is 56.6 Å². The predicted molar refractivity (Wildman–Crippen MR) is 129 cm³/mol. The van der Waals surface area contributed by atoms with E-state index in [9.17, 15) is 0 Å². The van der Waals surface area contributed by atoms with Gasteiger partial charge in [-0.15, -0.1) is 11.3 Å². The first kappa shape index (κ1) is 19.5. The molecule has 1 fully saturated rings. The van der Waals surface area contributed by atoms with Crippen LogP contribution in [0.15, 0.2) is 76.7 Å². The number of piperidine rings is 1. The highest BCUT2D eigenvalue weighted by molar-refractivity contribution is 7.10. The third kappa shape index (κ3) is 3.87. The van der Waals surface area contributed by atoms with Gasteiger partial charge in [-0.05, 0) is 43.6 Å². The van der Waals surface area contributed by atoms with Crippen molar-refractivity contribution >= 4 is 22.3 Å². The van der Waals surface area contributed by atoms with Crippen molar-refractivity contribution in [1.29, 1.82) is 0 Å². The van der Waals surface area contributed by atoms with Crippen molar-refractivity contribution in [1.82, 2.24) is 19.9 Å². The number of H-pyrrole nitrogens is 1. The zero-order valence-corrected chi connectivity index (χ0v) is 18.5. The third-order valence-electron chi connectivity index (χ3n) is 6.22. The van der Waals surface area contributed by atoms with Gasteiger partial charge < -0.3 is 9.40 Å². The van der Waals surface area contributed by atoms with E-state index in [0.29, 0.717) is 5.92 Å². The Hall–Kier alpha value is -3.22. The second-order valence-corrected chi connectivity index (χ2v) is 9.27. The molecule has 0 bridgehead atoms. The molecule has 160 valence electrons. The smallest absolute Gasteiger partial charge is 0.154 e. The normalized spacial score (nSPS) is 15.5. The number of nitrogens with one attached hydrogen (secondary N) is 1. The van der Waals surface area contributed by atoms with Gasteiger partial charge in [0.25, 0.3) is 0 Å². The molecule has 5 nitrogen and oxygen atoms in total. The average Bonchev–Trinajstić information content (AvgIpc) is 3.59. The summed E-state index contributed by atoms with van der Waals surface area (Å²) >= 11 is 1.76. The van der Waals surface area contributed by atoms with E-state index in [-0.39, 0.29) is 0 Å². The van der Waals surface area contributed by atoms with E-state index in [4.69, 9.17) is 9.40 Å². The van der Waals surface area contributed by atoms with Crippen LogP contribution in [0.25, 0.3) is 33.7 Å². The number of likely N-dealkylation sites (tertiary alicyclic amines) is 1. The van der Waals surface area contributed by atoms with Crippen molar-refractivity contribution < 1.29 is 4.42 Å². The average molecular weight is 441 g/mol. The molecule has 1 N–H and O–H groups in total. The Morgan fingerprint density at radius 3 is 2.69 bits per heavy atom. The van der Waals surface area contributed by atoms with Crippen LogP contribution in [-0.4, -0.2) is 32.9 Å². The first-order valence-electron chi connectivity index (χ1n) is 11.1. The van der Waals surface area contributed by atoms with E-state index >= 15 is 0 Å². The first-order valence-corrected chi connectivity index (χ1v) is 12.0. The van der Waals surface area contributed by atoms with Gasteiger partial charge in [0.05, 0.1) is 23.4 Å². The van der Waals surface area contributed by atoms with E-state index in [1.54, 1.807) is 11.3 Å². The van der Waals surface area contributed by atoms with Crippen molar-refractivity contribution in [2.24, 2.45) is 0 Å². The van der Waals surface area contributed by atoms with Gasteiger partial charge in [-0.25, -0.2) is 9.97 Å². The molecule has 2 aromatic carbocycles. The molecule has 32 heavy (non-hydrogen) atoms. The summed E-state index contributed by atoms with van der Waals surface area (Å²) in [7, 11) is 0. The second kappa shape index (κ2) is 8.37. The lowest BCUT2D eigenvalue weighted by Gasteiger charge is -2.30. The number of thiazole rings is 1. The van der Waals surface area contributed by atoms with Crippen LogP contribution >= 0.6 is 11.3 Å². The minimum atomic E-state index is 0.519. The summed E-state index contributed by atoms with van der Waals surface area (Å²) in [6.07, 6.45) is 4.19. The number of benzene rings is 2. The fourth-order valence-corrected chi connectivity index (χ4v) is 5.43. The molecule has 5 aromatic rings. The lowest BCUT2D eigenvalue weighted by Crippen LogP contribution is -2.32. The molecule has 3 aromatic heterocycles. The van der Waals surface area contributed by atoms with Crippen molar-refractivity contribution in [3.05, 3.63) is 83.1 Å². The Morgan fingerprint density at radius 2 is 1.84 bits per heavy atom. The van der Waals surface area contributed by atoms with E-state index in [0.717, 1.165) is 66.4 Å². The number of nitrogens with zero attached hydrogens (tertiary/aromatic N) is 3. The number of imidazole rings is 1. The van der Waals surface area contributed by atoms with Gasteiger partial charge >= 0.3 is 0 Å². The molecule has 1 aliphatic heterocycles. The maximum absolute atomic E-state index is 6.00. The molecule has 1 aliphatic rings. The van der Waals surface area contributed by atoms with Gasteiger partial charge in [0, 0.05) is 16.7 Å². The molecular formula is C26H24N4OS. The molecule has 0 aliphatic carbocycles. The van der Waals surface area contributed by atoms with Crippen LogP contribution in [0.4, 0.5) is 0 Å². The summed E-state index contributed by atoms with van der Waals surface area (Å²) in [4.78, 5) is 15.5. The van der Waals surface area contributed by atoms with Crippen LogP contribution < -0.4 is 0 Å². The summed E-state index contributed by atoms with van der Waals surface area (Å²) in [5, 5.41) is 4.48. The Bertz CT molecular complexity index is 1300. The van der Waals surface area contributed by atoms with Crippen LogP contribution in [0.1, 0.15) is 29.6 Å². The fraction of sp³-hybridized carbons (Fsp3) is 0.231. The van der Waals surface area contributed by atoms with Gasteiger partial charge in [-0.3, -0.25) is 4.90 Å². The van der Waals surface area contributed by atoms with Crippen molar-refractivity contribution in [3.8, 4) is 22.7 Å². The van der Waals surface area contributed by atoms with Gasteiger partial charge in [0.2, 0.25) is 0 Å². The summed E-state index contributed by atoms with van der Waals surface area (Å²) in [5.41, 5.74) is 4.12. The Kier molecular flexibility index (Phi) is 5.09. The number of hydrogen-bond donors (Lipinski definition) is 1. The van der Waals surface area contributed by atoms with Gasteiger partial charge in [-0.2, -0.15) is 0 Å². The molecule has 0 amide bonds. The number of hydrogen-bond acceptors (Lipinski definition) is 5. The Labute approximate surface area is 190 Å². The van der Waals surface area contributed by atoms with Crippen LogP contribution in [0.3, 0.4) is 0 Å². The van der Waals surface area contributed by atoms with Crippen LogP contribution in [0.5, 0.6) is 0 Å². The van der Waals surface area contributed by atoms with Gasteiger partial charge in [0.15, 0.2) is 5.76 Å². The maximum Gasteiger partial charge on any atom is 0.154 e. The van der Waals surface area contributed by atoms with Gasteiger partial charge in [-0.1, -0.05) is 48.5 Å². The quantitative estimate of drug-likeness (QED) is 0.347. The molecule has 6 heteroatoms. The highest BCUT2D eigenvalue weighted by Crippen LogP contribution is 2.35. The van der Waals surface area contributed by atoms with Crippen LogP contribution in [0, 0.1) is 0 Å². The predicted octanol–water partition coefficient (Wildman–Crippen LogP) is 6.33. The molecule has 0 radical (unpaired) electrons. The highest BCUT2D eigenvalue weighted by atomic mass is 32.1. The molecule has 6 rings (SSSR count).